The molecule has 1 unspecified atom stereocenters. The van der Waals surface area contributed by atoms with Crippen LogP contribution in [0.2, 0.25) is 0 Å². The maximum absolute atomic E-state index is 13.2. The second-order valence-electron chi connectivity index (χ2n) is 7.92. The summed E-state index contributed by atoms with van der Waals surface area (Å²) in [6.45, 7) is 5.15. The molecule has 1 aromatic heterocycles. The molecule has 2 aromatic rings. The maximum atomic E-state index is 13.2. The molecule has 0 radical (unpaired) electrons. The number of hydrogen-bond acceptors (Lipinski definition) is 5. The predicted molar refractivity (Wildman–Crippen MR) is 117 cm³/mol. The van der Waals surface area contributed by atoms with Crippen molar-refractivity contribution in [3.63, 3.8) is 0 Å². The van der Waals surface area contributed by atoms with Crippen LogP contribution in [0.1, 0.15) is 48.4 Å². The third-order valence-corrected chi connectivity index (χ3v) is 5.21. The van der Waals surface area contributed by atoms with Crippen molar-refractivity contribution in [3.05, 3.63) is 65.5 Å². The fraction of sp³-hybridized carbons (Fsp3) is 0.348. The Hall–Kier alpha value is -3.75. The van der Waals surface area contributed by atoms with Crippen LogP contribution in [-0.2, 0) is 20.8 Å². The standard InChI is InChI=1S/C23H27N5O4/c1-14(2)28-22(31)18-11-6-5-10-17(18)20(23(32)27(28)4)26-21(30)15(3)25-19(29)13-16-9-7-8-12-24-16/h5-12,14-15,20H,13H2,1-4H3,(H,25,29)(H,26,30)/t15-,20?/m0/s1. The van der Waals surface area contributed by atoms with Crippen LogP contribution in [0.15, 0.2) is 48.7 Å². The Labute approximate surface area is 186 Å². The van der Waals surface area contributed by atoms with Crippen LogP contribution in [0.25, 0.3) is 0 Å². The Morgan fingerprint density at radius 1 is 1.06 bits per heavy atom. The van der Waals surface area contributed by atoms with Gasteiger partial charge in [0.05, 0.1) is 6.42 Å². The lowest BCUT2D eigenvalue weighted by Gasteiger charge is -2.34. The Kier molecular flexibility index (Phi) is 6.87. The van der Waals surface area contributed by atoms with Gasteiger partial charge in [0.2, 0.25) is 11.8 Å². The molecule has 1 aliphatic rings. The summed E-state index contributed by atoms with van der Waals surface area (Å²) < 4.78 is 0. The molecule has 2 atom stereocenters. The van der Waals surface area contributed by atoms with Gasteiger partial charge in [-0.25, -0.2) is 5.01 Å². The van der Waals surface area contributed by atoms with Gasteiger partial charge in [0.1, 0.15) is 12.1 Å². The minimum absolute atomic E-state index is 0.0320. The molecule has 0 bridgehead atoms. The van der Waals surface area contributed by atoms with Crippen molar-refractivity contribution in [1.29, 1.82) is 0 Å². The molecule has 3 rings (SSSR count). The van der Waals surface area contributed by atoms with E-state index in [0.717, 1.165) is 0 Å². The number of likely N-dealkylation sites (N-methyl/N-ethyl adjacent to an activating group) is 1. The van der Waals surface area contributed by atoms with Gasteiger partial charge < -0.3 is 10.6 Å². The number of fused-ring (bicyclic) bond motifs is 1. The third kappa shape index (κ3) is 4.77. The zero-order valence-corrected chi connectivity index (χ0v) is 18.5. The summed E-state index contributed by atoms with van der Waals surface area (Å²) in [5.74, 6) is -1.67. The summed E-state index contributed by atoms with van der Waals surface area (Å²) in [6.07, 6.45) is 1.62. The molecule has 0 aliphatic carbocycles. The first kappa shape index (κ1) is 22.9. The molecule has 4 amide bonds. The molecule has 2 heterocycles. The molecule has 9 nitrogen and oxygen atoms in total. The molecule has 168 valence electrons. The van der Waals surface area contributed by atoms with Crippen LogP contribution in [-0.4, -0.2) is 57.8 Å². The van der Waals surface area contributed by atoms with Gasteiger partial charge in [0, 0.05) is 30.5 Å². The predicted octanol–water partition coefficient (Wildman–Crippen LogP) is 1.22. The normalized spacial score (nSPS) is 17.0. The van der Waals surface area contributed by atoms with E-state index in [1.165, 1.54) is 24.0 Å². The first-order chi connectivity index (χ1) is 15.2. The van der Waals surface area contributed by atoms with Gasteiger partial charge in [0.15, 0.2) is 0 Å². The average molecular weight is 438 g/mol. The summed E-state index contributed by atoms with van der Waals surface area (Å²) in [5.41, 5.74) is 1.34. The Morgan fingerprint density at radius 3 is 2.41 bits per heavy atom. The molecule has 0 fully saturated rings. The number of hydrogen-bond donors (Lipinski definition) is 2. The summed E-state index contributed by atoms with van der Waals surface area (Å²) in [7, 11) is 1.50. The van der Waals surface area contributed by atoms with Crippen molar-refractivity contribution >= 4 is 23.6 Å². The van der Waals surface area contributed by atoms with E-state index < -0.39 is 23.9 Å². The van der Waals surface area contributed by atoms with Crippen LogP contribution in [0.5, 0.6) is 0 Å². The van der Waals surface area contributed by atoms with Crippen molar-refractivity contribution in [3.8, 4) is 0 Å². The van der Waals surface area contributed by atoms with Crippen LogP contribution >= 0.6 is 0 Å². The molecule has 2 N–H and O–H groups in total. The number of nitrogens with zero attached hydrogens (tertiary/aromatic N) is 3. The quantitative estimate of drug-likeness (QED) is 0.706. The fourth-order valence-corrected chi connectivity index (χ4v) is 3.64. The molecule has 0 spiro atoms. The van der Waals surface area contributed by atoms with Crippen LogP contribution in [0.3, 0.4) is 0 Å². The number of benzene rings is 1. The van der Waals surface area contributed by atoms with E-state index in [0.29, 0.717) is 16.8 Å². The number of aromatic nitrogens is 1. The zero-order valence-electron chi connectivity index (χ0n) is 18.5. The lowest BCUT2D eigenvalue weighted by molar-refractivity contribution is -0.147. The van der Waals surface area contributed by atoms with Crippen molar-refractivity contribution in [2.45, 2.75) is 45.3 Å². The SMILES string of the molecule is CC(C)N1C(=O)c2ccccc2C(NC(=O)[C@H](C)NC(=O)Cc2ccccn2)C(=O)N1C. The number of nitrogens with one attached hydrogen (secondary N) is 2. The van der Waals surface area contributed by atoms with Gasteiger partial charge in [-0.3, -0.25) is 29.2 Å². The maximum Gasteiger partial charge on any atom is 0.273 e. The van der Waals surface area contributed by atoms with Gasteiger partial charge in [-0.05, 0) is 44.5 Å². The highest BCUT2D eigenvalue weighted by atomic mass is 16.2. The third-order valence-electron chi connectivity index (χ3n) is 5.21. The van der Waals surface area contributed by atoms with Crippen molar-refractivity contribution in [2.24, 2.45) is 0 Å². The van der Waals surface area contributed by atoms with Crippen LogP contribution < -0.4 is 10.6 Å². The zero-order chi connectivity index (χ0) is 23.4. The lowest BCUT2D eigenvalue weighted by Crippen LogP contribution is -2.53. The van der Waals surface area contributed by atoms with E-state index >= 15 is 0 Å². The van der Waals surface area contributed by atoms with Gasteiger partial charge in [-0.2, -0.15) is 0 Å². The molecule has 1 aromatic carbocycles. The Morgan fingerprint density at radius 2 is 1.75 bits per heavy atom. The van der Waals surface area contributed by atoms with Gasteiger partial charge in [0.25, 0.3) is 11.8 Å². The molecule has 1 aliphatic heterocycles. The number of carbonyl (C=O) groups excluding carboxylic acids is 4. The second-order valence-corrected chi connectivity index (χ2v) is 7.92. The number of hydrazine groups is 1. The summed E-state index contributed by atoms with van der Waals surface area (Å²) in [6, 6.07) is 9.74. The Balaban J connectivity index is 1.78. The molecular weight excluding hydrogens is 410 g/mol. The number of rotatable bonds is 6. The molecule has 32 heavy (non-hydrogen) atoms. The van der Waals surface area contributed by atoms with Gasteiger partial charge in [-0.15, -0.1) is 0 Å². The van der Waals surface area contributed by atoms with Crippen molar-refractivity contribution in [1.82, 2.24) is 25.6 Å². The minimum atomic E-state index is -1.06. The minimum Gasteiger partial charge on any atom is -0.344 e. The Bertz CT molecular complexity index is 1020. The summed E-state index contributed by atoms with van der Waals surface area (Å²) in [5, 5.41) is 7.94. The van der Waals surface area contributed by atoms with Gasteiger partial charge >= 0.3 is 0 Å². The van der Waals surface area contributed by atoms with Gasteiger partial charge in [-0.1, -0.05) is 24.3 Å². The highest BCUT2D eigenvalue weighted by Gasteiger charge is 2.39. The number of pyridine rings is 1. The highest BCUT2D eigenvalue weighted by molar-refractivity contribution is 6.02. The molecular formula is C23H27N5O4. The molecule has 0 saturated heterocycles. The fourth-order valence-electron chi connectivity index (χ4n) is 3.64. The van der Waals surface area contributed by atoms with Crippen molar-refractivity contribution in [2.75, 3.05) is 7.05 Å². The van der Waals surface area contributed by atoms with E-state index in [4.69, 9.17) is 0 Å². The lowest BCUT2D eigenvalue weighted by atomic mass is 9.99. The first-order valence-corrected chi connectivity index (χ1v) is 10.4. The smallest absolute Gasteiger partial charge is 0.273 e. The first-order valence-electron chi connectivity index (χ1n) is 10.4. The van der Waals surface area contributed by atoms with E-state index in [-0.39, 0.29) is 24.3 Å². The monoisotopic (exact) mass is 437 g/mol. The van der Waals surface area contributed by atoms with E-state index in [1.807, 2.05) is 13.8 Å². The number of amides is 4. The highest BCUT2D eigenvalue weighted by Crippen LogP contribution is 2.27. The summed E-state index contributed by atoms with van der Waals surface area (Å²) in [4.78, 5) is 55.5. The van der Waals surface area contributed by atoms with Crippen molar-refractivity contribution < 1.29 is 19.2 Å². The van der Waals surface area contributed by atoms with E-state index in [9.17, 15) is 19.2 Å². The number of carbonyl (C=O) groups is 4. The van der Waals surface area contributed by atoms with E-state index in [1.54, 1.807) is 48.7 Å². The molecule has 9 heteroatoms. The second kappa shape index (κ2) is 9.59. The topological polar surface area (TPSA) is 112 Å². The van der Waals surface area contributed by atoms with E-state index in [2.05, 4.69) is 15.6 Å². The van der Waals surface area contributed by atoms with Crippen LogP contribution in [0.4, 0.5) is 0 Å². The summed E-state index contributed by atoms with van der Waals surface area (Å²) >= 11 is 0. The largest absolute Gasteiger partial charge is 0.344 e. The average Bonchev–Trinajstić information content (AvgIpc) is 2.83. The molecule has 0 saturated carbocycles. The van der Waals surface area contributed by atoms with Crippen LogP contribution in [0, 0.1) is 0 Å².